The molecule has 0 fully saturated rings. The Morgan fingerprint density at radius 1 is 1.67 bits per heavy atom. The second-order valence-electron chi connectivity index (χ2n) is 0.806. The Hall–Kier alpha value is -0.150. The van der Waals surface area contributed by atoms with E-state index in [9.17, 15) is 4.39 Å². The molecule has 0 aliphatic rings. The zero-order chi connectivity index (χ0) is 4.83. The summed E-state index contributed by atoms with van der Waals surface area (Å²) in [6, 6.07) is 0. The second kappa shape index (κ2) is 4.85. The molecule has 0 radical (unpaired) electrons. The third kappa shape index (κ3) is 3.85. The van der Waals surface area contributed by atoms with Crippen molar-refractivity contribution < 1.29 is 9.13 Å². The van der Waals surface area contributed by atoms with E-state index in [0.29, 0.717) is 13.2 Å². The molecule has 0 amide bonds. The molecule has 0 unspecified atom stereocenters. The van der Waals surface area contributed by atoms with Crippen molar-refractivity contribution in [2.45, 2.75) is 0 Å². The molecule has 0 aliphatic heterocycles. The Morgan fingerprint density at radius 2 is 2.33 bits per heavy atom. The largest absolute Gasteiger partial charge is 0.349 e. The van der Waals surface area contributed by atoms with Gasteiger partial charge in [-0.2, -0.15) is 0 Å². The van der Waals surface area contributed by atoms with E-state index in [2.05, 4.69) is 4.74 Å². The van der Waals surface area contributed by atoms with Crippen molar-refractivity contribution in [3.05, 3.63) is 0 Å². The standard InChI is InChI=1S/C3H8FNO/c4-3-6-2-1-5/h1-3,5H2. The van der Waals surface area contributed by atoms with Gasteiger partial charge in [0, 0.05) is 6.54 Å². The SMILES string of the molecule is NCCOCF. The maximum atomic E-state index is 10.9. The third-order valence-electron chi connectivity index (χ3n) is 0.339. The van der Waals surface area contributed by atoms with Crippen molar-refractivity contribution in [2.24, 2.45) is 5.73 Å². The summed E-state index contributed by atoms with van der Waals surface area (Å²) in [6.45, 7) is -0.0162. The number of hydrogen-bond acceptors (Lipinski definition) is 2. The van der Waals surface area contributed by atoms with E-state index in [1.807, 2.05) is 0 Å². The van der Waals surface area contributed by atoms with Crippen molar-refractivity contribution in [2.75, 3.05) is 20.0 Å². The molecule has 0 atom stereocenters. The van der Waals surface area contributed by atoms with Crippen LogP contribution in [0.15, 0.2) is 0 Å². The number of hydrogen-bond donors (Lipinski definition) is 1. The van der Waals surface area contributed by atoms with Crippen LogP contribution in [0, 0.1) is 0 Å². The average molecular weight is 93.1 g/mol. The lowest BCUT2D eigenvalue weighted by molar-refractivity contribution is 0.0633. The lowest BCUT2D eigenvalue weighted by Crippen LogP contribution is -2.07. The van der Waals surface area contributed by atoms with Crippen LogP contribution < -0.4 is 5.73 Å². The summed E-state index contributed by atoms with van der Waals surface area (Å²) < 4.78 is 15.1. The molecule has 0 spiro atoms. The van der Waals surface area contributed by atoms with Crippen LogP contribution in [0.4, 0.5) is 4.39 Å². The maximum absolute atomic E-state index is 10.9. The zero-order valence-electron chi connectivity index (χ0n) is 3.48. The van der Waals surface area contributed by atoms with E-state index >= 15 is 0 Å². The Balaban J connectivity index is 2.34. The lowest BCUT2D eigenvalue weighted by Gasteiger charge is -1.89. The zero-order valence-corrected chi connectivity index (χ0v) is 3.48. The molecule has 0 aromatic heterocycles. The van der Waals surface area contributed by atoms with Crippen molar-refractivity contribution in [1.82, 2.24) is 0 Å². The van der Waals surface area contributed by atoms with Crippen molar-refractivity contribution in [1.29, 1.82) is 0 Å². The van der Waals surface area contributed by atoms with Gasteiger partial charge >= 0.3 is 0 Å². The predicted octanol–water partition coefficient (Wildman–Crippen LogP) is -0.111. The van der Waals surface area contributed by atoms with Gasteiger partial charge in [-0.05, 0) is 0 Å². The second-order valence-corrected chi connectivity index (χ2v) is 0.806. The molecule has 0 rings (SSSR count). The minimum atomic E-state index is -0.725. The Bertz CT molecular complexity index is 22.8. The van der Waals surface area contributed by atoms with E-state index < -0.39 is 6.86 Å². The molecule has 38 valence electrons. The normalized spacial score (nSPS) is 9.00. The number of halogens is 1. The van der Waals surface area contributed by atoms with Crippen molar-refractivity contribution >= 4 is 0 Å². The molecule has 0 heterocycles. The molecule has 0 bridgehead atoms. The first kappa shape index (κ1) is 5.85. The lowest BCUT2D eigenvalue weighted by atomic mass is 10.7. The molecule has 0 saturated heterocycles. The number of ether oxygens (including phenoxy) is 1. The van der Waals surface area contributed by atoms with Crippen LogP contribution in [0.25, 0.3) is 0 Å². The molecule has 2 N–H and O–H groups in total. The first-order chi connectivity index (χ1) is 2.91. The van der Waals surface area contributed by atoms with Crippen molar-refractivity contribution in [3.8, 4) is 0 Å². The highest BCUT2D eigenvalue weighted by Crippen LogP contribution is 1.68. The highest BCUT2D eigenvalue weighted by molar-refractivity contribution is 4.23. The van der Waals surface area contributed by atoms with Gasteiger partial charge in [0.05, 0.1) is 6.61 Å². The number of nitrogens with two attached hydrogens (primary N) is 1. The topological polar surface area (TPSA) is 35.2 Å². The monoisotopic (exact) mass is 93.1 g/mol. The van der Waals surface area contributed by atoms with Gasteiger partial charge < -0.3 is 10.5 Å². The van der Waals surface area contributed by atoms with Gasteiger partial charge in [-0.25, -0.2) is 4.39 Å². The van der Waals surface area contributed by atoms with E-state index in [0.717, 1.165) is 0 Å². The molecular weight excluding hydrogens is 85.0 g/mol. The molecule has 6 heavy (non-hydrogen) atoms. The number of alkyl halides is 1. The van der Waals surface area contributed by atoms with Gasteiger partial charge in [-0.15, -0.1) is 0 Å². The summed E-state index contributed by atoms with van der Waals surface area (Å²) in [7, 11) is 0. The molecule has 0 aromatic rings. The summed E-state index contributed by atoms with van der Waals surface area (Å²) in [6.07, 6.45) is 0. The van der Waals surface area contributed by atoms with Crippen LogP contribution in [0.3, 0.4) is 0 Å². The van der Waals surface area contributed by atoms with Gasteiger partial charge in [0.1, 0.15) is 0 Å². The molecule has 3 heteroatoms. The van der Waals surface area contributed by atoms with E-state index in [1.165, 1.54) is 0 Å². The van der Waals surface area contributed by atoms with Gasteiger partial charge in [0.25, 0.3) is 0 Å². The highest BCUT2D eigenvalue weighted by Gasteiger charge is 1.75. The van der Waals surface area contributed by atoms with Crippen LogP contribution in [-0.4, -0.2) is 20.0 Å². The van der Waals surface area contributed by atoms with Crippen LogP contribution in [-0.2, 0) is 4.74 Å². The smallest absolute Gasteiger partial charge is 0.188 e. The highest BCUT2D eigenvalue weighted by atomic mass is 19.1. The van der Waals surface area contributed by atoms with Crippen LogP contribution in [0.2, 0.25) is 0 Å². The van der Waals surface area contributed by atoms with E-state index in [4.69, 9.17) is 5.73 Å². The van der Waals surface area contributed by atoms with Crippen LogP contribution in [0.1, 0.15) is 0 Å². The minimum absolute atomic E-state index is 0.316. The Morgan fingerprint density at radius 3 is 2.50 bits per heavy atom. The molecule has 0 aliphatic carbocycles. The molecular formula is C3H8FNO. The summed E-state index contributed by atoms with van der Waals surface area (Å²) in [5, 5.41) is 0. The van der Waals surface area contributed by atoms with Gasteiger partial charge in [-0.3, -0.25) is 0 Å². The fraction of sp³-hybridized carbons (Fsp3) is 1.00. The van der Waals surface area contributed by atoms with Crippen LogP contribution in [0.5, 0.6) is 0 Å². The first-order valence-corrected chi connectivity index (χ1v) is 1.75. The Kier molecular flexibility index (Phi) is 4.73. The summed E-state index contributed by atoms with van der Waals surface area (Å²) in [5.74, 6) is 0. The number of rotatable bonds is 3. The first-order valence-electron chi connectivity index (χ1n) is 1.75. The molecule has 2 nitrogen and oxygen atoms in total. The average Bonchev–Trinajstić information content (AvgIpc) is 1.61. The van der Waals surface area contributed by atoms with Gasteiger partial charge in [-0.1, -0.05) is 0 Å². The van der Waals surface area contributed by atoms with E-state index in [-0.39, 0.29) is 0 Å². The van der Waals surface area contributed by atoms with Crippen LogP contribution >= 0.6 is 0 Å². The van der Waals surface area contributed by atoms with Gasteiger partial charge in [0.2, 0.25) is 0 Å². The minimum Gasteiger partial charge on any atom is -0.349 e. The predicted molar refractivity (Wildman–Crippen MR) is 21.0 cm³/mol. The molecule has 0 aromatic carbocycles. The Labute approximate surface area is 36.1 Å². The molecule has 0 saturated carbocycles. The summed E-state index contributed by atoms with van der Waals surface area (Å²) in [4.78, 5) is 0. The van der Waals surface area contributed by atoms with E-state index in [1.54, 1.807) is 0 Å². The fourth-order valence-corrected chi connectivity index (χ4v) is 0.138. The maximum Gasteiger partial charge on any atom is 0.188 e. The summed E-state index contributed by atoms with van der Waals surface area (Å²) >= 11 is 0. The van der Waals surface area contributed by atoms with Crippen molar-refractivity contribution in [3.63, 3.8) is 0 Å². The third-order valence-corrected chi connectivity index (χ3v) is 0.339. The summed E-state index contributed by atoms with van der Waals surface area (Å²) in [5.41, 5.74) is 4.92. The quantitative estimate of drug-likeness (QED) is 0.494. The van der Waals surface area contributed by atoms with Gasteiger partial charge in [0.15, 0.2) is 6.86 Å². The fourth-order valence-electron chi connectivity index (χ4n) is 0.138.